The van der Waals surface area contributed by atoms with Crippen molar-refractivity contribution in [2.45, 2.75) is 58.2 Å². The van der Waals surface area contributed by atoms with Crippen LogP contribution in [0.3, 0.4) is 0 Å². The molecule has 196 valence electrons. The maximum absolute atomic E-state index is 12.4. The third kappa shape index (κ3) is 6.94. The molecule has 0 saturated carbocycles. The van der Waals surface area contributed by atoms with Crippen LogP contribution in [0.25, 0.3) is 5.69 Å². The van der Waals surface area contributed by atoms with E-state index in [9.17, 15) is 9.59 Å². The largest absolute Gasteiger partial charge is 0.487 e. The number of hydrogen-bond acceptors (Lipinski definition) is 6. The van der Waals surface area contributed by atoms with E-state index in [0.717, 1.165) is 35.5 Å². The van der Waals surface area contributed by atoms with Crippen molar-refractivity contribution in [3.8, 4) is 11.4 Å². The van der Waals surface area contributed by atoms with Crippen LogP contribution >= 0.6 is 0 Å². The molecule has 1 aliphatic rings. The van der Waals surface area contributed by atoms with E-state index in [2.05, 4.69) is 11.8 Å². The monoisotopic (exact) mass is 504 g/mol. The van der Waals surface area contributed by atoms with Gasteiger partial charge >= 0.3 is 11.9 Å². The van der Waals surface area contributed by atoms with E-state index in [1.54, 1.807) is 6.07 Å². The molecule has 0 amide bonds. The number of aromatic nitrogens is 1. The summed E-state index contributed by atoms with van der Waals surface area (Å²) in [6, 6.07) is 17.2. The molecule has 7 heteroatoms. The van der Waals surface area contributed by atoms with Crippen LogP contribution in [0.15, 0.2) is 67.0 Å². The number of nitrogens with zero attached hydrogens (tertiary/aromatic N) is 2. The van der Waals surface area contributed by atoms with Crippen molar-refractivity contribution >= 4 is 17.6 Å². The van der Waals surface area contributed by atoms with Gasteiger partial charge in [-0.1, -0.05) is 50.8 Å². The van der Waals surface area contributed by atoms with Crippen molar-refractivity contribution in [2.75, 3.05) is 25.1 Å². The van der Waals surface area contributed by atoms with E-state index in [-0.39, 0.29) is 24.6 Å². The van der Waals surface area contributed by atoms with Gasteiger partial charge in [0, 0.05) is 18.8 Å². The maximum Gasteiger partial charge on any atom is 0.340 e. The molecule has 1 aliphatic heterocycles. The number of hydrogen-bond donors (Lipinski definition) is 0. The molecule has 1 fully saturated rings. The van der Waals surface area contributed by atoms with Crippen LogP contribution in [0.2, 0.25) is 0 Å². The first-order valence-electron chi connectivity index (χ1n) is 13.1. The lowest BCUT2D eigenvalue weighted by molar-refractivity contribution is -0.145. The van der Waals surface area contributed by atoms with Crippen LogP contribution in [0.4, 0.5) is 5.69 Å². The number of anilines is 1. The molecule has 2 heterocycles. The van der Waals surface area contributed by atoms with Gasteiger partial charge in [0.1, 0.15) is 18.5 Å². The molecule has 0 aliphatic carbocycles. The van der Waals surface area contributed by atoms with Gasteiger partial charge in [0.2, 0.25) is 0 Å². The number of unbranched alkanes of at least 4 members (excludes halogenated alkanes) is 4. The number of carbonyl (C=O) groups excluding carboxylic acids is 2. The number of rotatable bonds is 13. The Labute approximate surface area is 218 Å². The Bertz CT molecular complexity index is 1150. The predicted octanol–water partition coefficient (Wildman–Crippen LogP) is 5.94. The Kier molecular flexibility index (Phi) is 9.24. The number of methoxy groups -OCH3 is 1. The number of para-hydroxylation sites is 1. The molecule has 0 spiro atoms. The number of esters is 2. The molecule has 0 radical (unpaired) electrons. The number of ether oxygens (including phenoxy) is 3. The van der Waals surface area contributed by atoms with Gasteiger partial charge in [0.05, 0.1) is 37.1 Å². The maximum atomic E-state index is 12.4. The van der Waals surface area contributed by atoms with Crippen LogP contribution < -0.4 is 9.64 Å². The molecule has 3 aromatic rings. The summed E-state index contributed by atoms with van der Waals surface area (Å²) in [5.41, 5.74) is 3.23. The van der Waals surface area contributed by atoms with Crippen LogP contribution in [0.5, 0.6) is 5.75 Å². The predicted molar refractivity (Wildman–Crippen MR) is 143 cm³/mol. The lowest BCUT2D eigenvalue weighted by Gasteiger charge is -2.41. The zero-order valence-corrected chi connectivity index (χ0v) is 21.7. The van der Waals surface area contributed by atoms with Crippen molar-refractivity contribution < 1.29 is 23.8 Å². The summed E-state index contributed by atoms with van der Waals surface area (Å²) < 4.78 is 18.5. The first-order chi connectivity index (χ1) is 18.1. The quantitative estimate of drug-likeness (QED) is 0.212. The van der Waals surface area contributed by atoms with Gasteiger partial charge in [-0.15, -0.1) is 0 Å². The third-order valence-corrected chi connectivity index (χ3v) is 6.58. The van der Waals surface area contributed by atoms with Crippen molar-refractivity contribution in [1.29, 1.82) is 0 Å². The normalized spacial score (nSPS) is 13.2. The van der Waals surface area contributed by atoms with Gasteiger partial charge in [-0.05, 0) is 48.4 Å². The summed E-state index contributed by atoms with van der Waals surface area (Å²) in [6.45, 7) is 3.87. The average molecular weight is 505 g/mol. The molecule has 0 unspecified atom stereocenters. The third-order valence-electron chi connectivity index (χ3n) is 6.58. The molecular weight excluding hydrogens is 468 g/mol. The molecule has 1 aromatic heterocycles. The smallest absolute Gasteiger partial charge is 0.340 e. The molecule has 37 heavy (non-hydrogen) atoms. The van der Waals surface area contributed by atoms with Gasteiger partial charge in [0.25, 0.3) is 0 Å². The number of benzene rings is 2. The Morgan fingerprint density at radius 1 is 0.919 bits per heavy atom. The molecular formula is C30H36N2O5. The summed E-state index contributed by atoms with van der Waals surface area (Å²) >= 11 is 0. The van der Waals surface area contributed by atoms with Crippen molar-refractivity contribution in [3.63, 3.8) is 0 Å². The molecule has 0 bridgehead atoms. The fourth-order valence-electron chi connectivity index (χ4n) is 4.49. The van der Waals surface area contributed by atoms with Gasteiger partial charge < -0.3 is 23.7 Å². The van der Waals surface area contributed by atoms with Crippen LogP contribution in [-0.4, -0.2) is 42.8 Å². The van der Waals surface area contributed by atoms with Crippen molar-refractivity contribution in [1.82, 2.24) is 4.57 Å². The molecule has 0 N–H and O–H groups in total. The first kappa shape index (κ1) is 26.3. The second-order valence-electron chi connectivity index (χ2n) is 9.37. The minimum atomic E-state index is -0.364. The fourth-order valence-corrected chi connectivity index (χ4v) is 4.49. The Balaban J connectivity index is 1.27. The van der Waals surface area contributed by atoms with E-state index in [1.165, 1.54) is 26.4 Å². The summed E-state index contributed by atoms with van der Waals surface area (Å²) in [4.78, 5) is 26.6. The van der Waals surface area contributed by atoms with E-state index < -0.39 is 0 Å². The van der Waals surface area contributed by atoms with E-state index in [1.807, 2.05) is 65.5 Å². The highest BCUT2D eigenvalue weighted by atomic mass is 16.5. The van der Waals surface area contributed by atoms with Crippen molar-refractivity contribution in [3.05, 3.63) is 78.1 Å². The summed E-state index contributed by atoms with van der Waals surface area (Å²) in [5.74, 6) is 0.281. The van der Waals surface area contributed by atoms with Gasteiger partial charge in [-0.2, -0.15) is 0 Å². The number of carbonyl (C=O) groups is 2. The van der Waals surface area contributed by atoms with Crippen LogP contribution in [0.1, 0.15) is 61.4 Å². The topological polar surface area (TPSA) is 70.0 Å². The Morgan fingerprint density at radius 3 is 2.35 bits per heavy atom. The molecule has 1 saturated heterocycles. The lowest BCUT2D eigenvalue weighted by Crippen LogP contribution is -2.54. The van der Waals surface area contributed by atoms with Crippen LogP contribution in [0, 0.1) is 0 Å². The average Bonchev–Trinajstić information content (AvgIpc) is 3.43. The summed E-state index contributed by atoms with van der Waals surface area (Å²) in [5, 5.41) is 0. The molecule has 2 aromatic carbocycles. The van der Waals surface area contributed by atoms with Gasteiger partial charge in [0.15, 0.2) is 0 Å². The molecule has 7 nitrogen and oxygen atoms in total. The second-order valence-corrected chi connectivity index (χ2v) is 9.37. The highest BCUT2D eigenvalue weighted by Gasteiger charge is 2.32. The van der Waals surface area contributed by atoms with E-state index in [0.29, 0.717) is 25.1 Å². The molecule has 0 atom stereocenters. The minimum absolute atomic E-state index is 0.0377. The minimum Gasteiger partial charge on any atom is -0.487 e. The van der Waals surface area contributed by atoms with Crippen LogP contribution in [-0.2, 0) is 20.9 Å². The van der Waals surface area contributed by atoms with Crippen molar-refractivity contribution in [2.24, 2.45) is 0 Å². The Hall–Kier alpha value is -3.74. The zero-order chi connectivity index (χ0) is 26.0. The van der Waals surface area contributed by atoms with E-state index >= 15 is 0 Å². The Morgan fingerprint density at radius 2 is 1.65 bits per heavy atom. The highest BCUT2D eigenvalue weighted by molar-refractivity contribution is 5.96. The SMILES string of the molecule is CCCCCCCC(=O)OCc1ccc(OC2CN(c3cccc(C(=O)OC)c3-n3cccc3)C2)cc1. The fraction of sp³-hybridized carbons (Fsp3) is 0.400. The summed E-state index contributed by atoms with van der Waals surface area (Å²) in [7, 11) is 1.40. The highest BCUT2D eigenvalue weighted by Crippen LogP contribution is 2.33. The standard InChI is InChI=1S/C30H36N2O5/c1-3-4-5-6-7-13-28(33)36-22-23-14-16-24(17-15-23)37-25-20-32(21-25)27-12-10-11-26(30(34)35-2)29(27)31-18-8-9-19-31/h8-12,14-19,25H,3-7,13,20-22H2,1-2H3. The lowest BCUT2D eigenvalue weighted by atomic mass is 10.1. The van der Waals surface area contributed by atoms with Gasteiger partial charge in [-0.3, -0.25) is 4.79 Å². The first-order valence-corrected chi connectivity index (χ1v) is 13.1. The van der Waals surface area contributed by atoms with E-state index in [4.69, 9.17) is 14.2 Å². The second kappa shape index (κ2) is 13.0. The molecule has 4 rings (SSSR count). The summed E-state index contributed by atoms with van der Waals surface area (Å²) in [6.07, 6.45) is 9.94. The van der Waals surface area contributed by atoms with Gasteiger partial charge in [-0.25, -0.2) is 4.79 Å². The zero-order valence-electron chi connectivity index (χ0n) is 21.7.